The molecule has 108 valence electrons. The molecule has 5 nitrogen and oxygen atoms in total. The van der Waals surface area contributed by atoms with Crippen molar-refractivity contribution in [2.45, 2.75) is 40.0 Å². The smallest absolute Gasteiger partial charge is 0.253 e. The van der Waals surface area contributed by atoms with E-state index in [0.717, 1.165) is 12.1 Å². The van der Waals surface area contributed by atoms with Crippen LogP contribution in [-0.4, -0.2) is 16.2 Å². The van der Waals surface area contributed by atoms with Gasteiger partial charge in [-0.2, -0.15) is 0 Å². The van der Waals surface area contributed by atoms with Crippen molar-refractivity contribution in [3.63, 3.8) is 0 Å². The number of ether oxygens (including phenoxy) is 1. The average molecular weight is 296 g/mol. The van der Waals surface area contributed by atoms with Crippen LogP contribution in [0.1, 0.15) is 31.2 Å². The average Bonchev–Trinajstić information content (AvgIpc) is 2.81. The van der Waals surface area contributed by atoms with E-state index in [1.807, 2.05) is 18.2 Å². The zero-order valence-electron chi connectivity index (χ0n) is 11.8. The Bertz CT molecular complexity index is 569. The molecule has 1 aromatic carbocycles. The zero-order chi connectivity index (χ0) is 14.5. The highest BCUT2D eigenvalue weighted by molar-refractivity contribution is 6.32. The molecule has 0 bridgehead atoms. The molecular formula is C14H18ClN3O2. The van der Waals surface area contributed by atoms with Crippen molar-refractivity contribution < 1.29 is 9.15 Å². The summed E-state index contributed by atoms with van der Waals surface area (Å²) in [5, 5.41) is 11.5. The maximum Gasteiger partial charge on any atom is 0.253 e. The van der Waals surface area contributed by atoms with Crippen molar-refractivity contribution in [3.05, 3.63) is 40.6 Å². The molecule has 0 radical (unpaired) electrons. The molecule has 0 amide bonds. The van der Waals surface area contributed by atoms with Crippen LogP contribution in [0.25, 0.3) is 0 Å². The highest BCUT2D eigenvalue weighted by Gasteiger charge is 2.07. The van der Waals surface area contributed by atoms with Gasteiger partial charge in [-0.3, -0.25) is 0 Å². The predicted octanol–water partition coefficient (Wildman–Crippen LogP) is 3.11. The third kappa shape index (κ3) is 4.21. The number of halogens is 1. The van der Waals surface area contributed by atoms with Crippen LogP contribution in [0, 0.1) is 6.92 Å². The Labute approximate surface area is 123 Å². The fourth-order valence-electron chi connectivity index (χ4n) is 1.63. The first-order valence-electron chi connectivity index (χ1n) is 6.48. The lowest BCUT2D eigenvalue weighted by atomic mass is 10.2. The molecule has 2 rings (SSSR count). The van der Waals surface area contributed by atoms with Crippen LogP contribution in [0.5, 0.6) is 5.75 Å². The van der Waals surface area contributed by atoms with Crippen LogP contribution in [0.3, 0.4) is 0 Å². The molecule has 0 saturated heterocycles. The second-order valence-electron chi connectivity index (χ2n) is 4.80. The standard InChI is InChI=1S/C14H18ClN3O2/c1-9(2)16-7-11-4-5-13(12(15)6-11)19-8-14-18-17-10(3)20-14/h4-6,9,16H,7-8H2,1-3H3. The van der Waals surface area contributed by atoms with Gasteiger partial charge in [-0.1, -0.05) is 31.5 Å². The summed E-state index contributed by atoms with van der Waals surface area (Å²) in [4.78, 5) is 0. The van der Waals surface area contributed by atoms with E-state index < -0.39 is 0 Å². The Hall–Kier alpha value is -1.59. The van der Waals surface area contributed by atoms with Gasteiger partial charge in [-0.25, -0.2) is 0 Å². The Morgan fingerprint density at radius 3 is 2.75 bits per heavy atom. The number of hydrogen-bond acceptors (Lipinski definition) is 5. The SMILES string of the molecule is Cc1nnc(COc2ccc(CNC(C)C)cc2Cl)o1. The minimum absolute atomic E-state index is 0.212. The van der Waals surface area contributed by atoms with E-state index in [1.54, 1.807) is 6.92 Å². The molecule has 6 heteroatoms. The molecule has 20 heavy (non-hydrogen) atoms. The summed E-state index contributed by atoms with van der Waals surface area (Å²) in [5.41, 5.74) is 1.12. The van der Waals surface area contributed by atoms with Gasteiger partial charge < -0.3 is 14.5 Å². The second kappa shape index (κ2) is 6.72. The Kier molecular flexibility index (Phi) is 4.98. The molecule has 1 N–H and O–H groups in total. The maximum atomic E-state index is 6.20. The predicted molar refractivity (Wildman–Crippen MR) is 76.8 cm³/mol. The molecule has 0 aliphatic carbocycles. The van der Waals surface area contributed by atoms with Crippen molar-refractivity contribution in [2.24, 2.45) is 0 Å². The molecule has 1 aromatic heterocycles. The number of aromatic nitrogens is 2. The number of hydrogen-bond donors (Lipinski definition) is 1. The maximum absolute atomic E-state index is 6.20. The van der Waals surface area contributed by atoms with Crippen molar-refractivity contribution in [1.82, 2.24) is 15.5 Å². The van der Waals surface area contributed by atoms with E-state index in [0.29, 0.717) is 28.6 Å². The minimum atomic E-state index is 0.212. The van der Waals surface area contributed by atoms with Crippen LogP contribution >= 0.6 is 11.6 Å². The first-order valence-corrected chi connectivity index (χ1v) is 6.86. The Morgan fingerprint density at radius 1 is 1.35 bits per heavy atom. The van der Waals surface area contributed by atoms with E-state index >= 15 is 0 Å². The summed E-state index contributed by atoms with van der Waals surface area (Å²) in [6, 6.07) is 6.16. The molecule has 0 aliphatic heterocycles. The fraction of sp³-hybridized carbons (Fsp3) is 0.429. The summed E-state index contributed by atoms with van der Waals surface area (Å²) in [7, 11) is 0. The molecule has 1 heterocycles. The summed E-state index contributed by atoms with van der Waals surface area (Å²) < 4.78 is 10.8. The van der Waals surface area contributed by atoms with Gasteiger partial charge in [0.2, 0.25) is 5.89 Å². The van der Waals surface area contributed by atoms with Crippen LogP contribution in [-0.2, 0) is 13.2 Å². The molecular weight excluding hydrogens is 278 g/mol. The monoisotopic (exact) mass is 295 g/mol. The van der Waals surface area contributed by atoms with Crippen molar-refractivity contribution in [2.75, 3.05) is 0 Å². The molecule has 0 spiro atoms. The van der Waals surface area contributed by atoms with Crippen LogP contribution < -0.4 is 10.1 Å². The van der Waals surface area contributed by atoms with E-state index in [1.165, 1.54) is 0 Å². The lowest BCUT2D eigenvalue weighted by Gasteiger charge is -2.10. The number of nitrogens with zero attached hydrogens (tertiary/aromatic N) is 2. The summed E-state index contributed by atoms with van der Waals surface area (Å²) in [6.07, 6.45) is 0. The lowest BCUT2D eigenvalue weighted by Crippen LogP contribution is -2.21. The molecule has 0 atom stereocenters. The first-order chi connectivity index (χ1) is 9.54. The lowest BCUT2D eigenvalue weighted by molar-refractivity contribution is 0.260. The topological polar surface area (TPSA) is 60.2 Å². The van der Waals surface area contributed by atoms with Gasteiger partial charge in [0.25, 0.3) is 5.89 Å². The third-order valence-corrected chi connectivity index (χ3v) is 2.93. The van der Waals surface area contributed by atoms with Crippen LogP contribution in [0.4, 0.5) is 0 Å². The molecule has 0 fully saturated rings. The van der Waals surface area contributed by atoms with Gasteiger partial charge in [0.1, 0.15) is 5.75 Å². The zero-order valence-corrected chi connectivity index (χ0v) is 12.6. The van der Waals surface area contributed by atoms with Gasteiger partial charge in [-0.05, 0) is 17.7 Å². The van der Waals surface area contributed by atoms with Gasteiger partial charge >= 0.3 is 0 Å². The number of nitrogens with one attached hydrogen (secondary N) is 1. The van der Waals surface area contributed by atoms with Crippen molar-refractivity contribution in [1.29, 1.82) is 0 Å². The Morgan fingerprint density at radius 2 is 2.15 bits per heavy atom. The first kappa shape index (κ1) is 14.8. The van der Waals surface area contributed by atoms with E-state index in [4.69, 9.17) is 20.8 Å². The van der Waals surface area contributed by atoms with Gasteiger partial charge in [0, 0.05) is 19.5 Å². The molecule has 0 saturated carbocycles. The molecule has 2 aromatic rings. The number of rotatable bonds is 6. The van der Waals surface area contributed by atoms with E-state index in [-0.39, 0.29) is 6.61 Å². The van der Waals surface area contributed by atoms with E-state index in [2.05, 4.69) is 29.4 Å². The highest BCUT2D eigenvalue weighted by Crippen LogP contribution is 2.26. The van der Waals surface area contributed by atoms with Crippen molar-refractivity contribution >= 4 is 11.6 Å². The third-order valence-electron chi connectivity index (χ3n) is 2.63. The Balaban J connectivity index is 1.95. The van der Waals surface area contributed by atoms with Gasteiger partial charge in [0.15, 0.2) is 6.61 Å². The number of aryl methyl sites for hydroxylation is 1. The van der Waals surface area contributed by atoms with E-state index in [9.17, 15) is 0 Å². The van der Waals surface area contributed by atoms with Crippen LogP contribution in [0.15, 0.2) is 22.6 Å². The number of benzene rings is 1. The molecule has 0 unspecified atom stereocenters. The van der Waals surface area contributed by atoms with Gasteiger partial charge in [-0.15, -0.1) is 10.2 Å². The summed E-state index contributed by atoms with van der Waals surface area (Å²) >= 11 is 6.20. The highest BCUT2D eigenvalue weighted by atomic mass is 35.5. The van der Waals surface area contributed by atoms with Crippen LogP contribution in [0.2, 0.25) is 5.02 Å². The van der Waals surface area contributed by atoms with Gasteiger partial charge in [0.05, 0.1) is 5.02 Å². The summed E-state index contributed by atoms with van der Waals surface area (Å²) in [6.45, 7) is 6.93. The normalized spacial score (nSPS) is 11.1. The fourth-order valence-corrected chi connectivity index (χ4v) is 1.89. The minimum Gasteiger partial charge on any atom is -0.482 e. The van der Waals surface area contributed by atoms with Crippen molar-refractivity contribution in [3.8, 4) is 5.75 Å². The molecule has 0 aliphatic rings. The second-order valence-corrected chi connectivity index (χ2v) is 5.21. The summed E-state index contributed by atoms with van der Waals surface area (Å²) in [5.74, 6) is 1.56. The largest absolute Gasteiger partial charge is 0.482 e. The quantitative estimate of drug-likeness (QED) is 0.887.